The lowest BCUT2D eigenvalue weighted by Crippen LogP contribution is -2.39. The Morgan fingerprint density at radius 3 is 2.78 bits per heavy atom. The van der Waals surface area contributed by atoms with Crippen molar-refractivity contribution in [2.24, 2.45) is 11.3 Å². The van der Waals surface area contributed by atoms with Crippen molar-refractivity contribution in [1.29, 1.82) is 0 Å². The first-order chi connectivity index (χ1) is 8.45. The highest BCUT2D eigenvalue weighted by atomic mass is 16.4. The van der Waals surface area contributed by atoms with E-state index in [1.54, 1.807) is 6.26 Å². The largest absolute Gasteiger partial charge is 0.481 e. The summed E-state index contributed by atoms with van der Waals surface area (Å²) in [6.07, 6.45) is 2.41. The van der Waals surface area contributed by atoms with Gasteiger partial charge >= 0.3 is 5.97 Å². The van der Waals surface area contributed by atoms with E-state index in [4.69, 9.17) is 4.42 Å². The van der Waals surface area contributed by atoms with Crippen LogP contribution < -0.4 is 0 Å². The van der Waals surface area contributed by atoms with Crippen LogP contribution in [0.25, 0.3) is 0 Å². The molecule has 2 heterocycles. The van der Waals surface area contributed by atoms with Crippen molar-refractivity contribution in [3.8, 4) is 0 Å². The Balaban J connectivity index is 2.08. The summed E-state index contributed by atoms with van der Waals surface area (Å²) in [6.45, 7) is 8.15. The first-order valence-electron chi connectivity index (χ1n) is 6.44. The van der Waals surface area contributed by atoms with Gasteiger partial charge in [-0.3, -0.25) is 9.69 Å². The Kier molecular flexibility index (Phi) is 3.48. The maximum absolute atomic E-state index is 11.5. The smallest absolute Gasteiger partial charge is 0.311 e. The third-order valence-corrected chi connectivity index (χ3v) is 4.25. The Hall–Kier alpha value is -1.29. The molecule has 1 saturated heterocycles. The van der Waals surface area contributed by atoms with Gasteiger partial charge in [-0.25, -0.2) is 0 Å². The van der Waals surface area contributed by atoms with E-state index < -0.39 is 11.4 Å². The molecule has 1 atom stereocenters. The van der Waals surface area contributed by atoms with Gasteiger partial charge in [-0.2, -0.15) is 0 Å². The van der Waals surface area contributed by atoms with E-state index in [-0.39, 0.29) is 5.92 Å². The molecule has 100 valence electrons. The number of aryl methyl sites for hydroxylation is 1. The van der Waals surface area contributed by atoms with E-state index >= 15 is 0 Å². The summed E-state index contributed by atoms with van der Waals surface area (Å²) in [5.41, 5.74) is 0.535. The van der Waals surface area contributed by atoms with Crippen molar-refractivity contribution in [3.05, 3.63) is 23.7 Å². The van der Waals surface area contributed by atoms with E-state index in [1.165, 1.54) is 0 Å². The summed E-state index contributed by atoms with van der Waals surface area (Å²) in [5, 5.41) is 9.48. The molecule has 2 rings (SSSR count). The average molecular weight is 251 g/mol. The normalized spacial score (nSPS) is 24.9. The zero-order valence-electron chi connectivity index (χ0n) is 11.3. The summed E-state index contributed by atoms with van der Waals surface area (Å²) in [4.78, 5) is 13.7. The Morgan fingerprint density at radius 1 is 1.61 bits per heavy atom. The van der Waals surface area contributed by atoms with Crippen molar-refractivity contribution in [3.63, 3.8) is 0 Å². The predicted octanol–water partition coefficient (Wildman–Crippen LogP) is 2.52. The molecule has 1 aliphatic heterocycles. The van der Waals surface area contributed by atoms with E-state index in [0.29, 0.717) is 13.1 Å². The molecule has 4 heteroatoms. The fraction of sp³-hybridized carbons (Fsp3) is 0.643. The fourth-order valence-corrected chi connectivity index (χ4v) is 2.71. The molecule has 18 heavy (non-hydrogen) atoms. The highest BCUT2D eigenvalue weighted by Crippen LogP contribution is 2.38. The van der Waals surface area contributed by atoms with E-state index in [9.17, 15) is 9.90 Å². The third-order valence-electron chi connectivity index (χ3n) is 4.25. The standard InChI is InChI=1S/C14H21NO3/c1-10(2)14(13(16)17)5-6-15(9-14)8-12-11(3)4-7-18-12/h4,7,10H,5-6,8-9H2,1-3H3,(H,16,17). The quantitative estimate of drug-likeness (QED) is 0.893. The number of aliphatic carboxylic acids is 1. The summed E-state index contributed by atoms with van der Waals surface area (Å²) in [6, 6.07) is 1.94. The maximum Gasteiger partial charge on any atom is 0.311 e. The van der Waals surface area contributed by atoms with Crippen molar-refractivity contribution in [2.75, 3.05) is 13.1 Å². The minimum atomic E-state index is -0.670. The number of nitrogens with zero attached hydrogens (tertiary/aromatic N) is 1. The summed E-state index contributed by atoms with van der Waals surface area (Å²) >= 11 is 0. The van der Waals surface area contributed by atoms with Crippen molar-refractivity contribution in [2.45, 2.75) is 33.7 Å². The van der Waals surface area contributed by atoms with Gasteiger partial charge < -0.3 is 9.52 Å². The number of hydrogen-bond donors (Lipinski definition) is 1. The van der Waals surface area contributed by atoms with Crippen molar-refractivity contribution >= 4 is 5.97 Å². The molecule has 0 saturated carbocycles. The van der Waals surface area contributed by atoms with Crippen LogP contribution in [0, 0.1) is 18.3 Å². The Labute approximate surface area is 108 Å². The number of carboxylic acids is 1. The van der Waals surface area contributed by atoms with Crippen LogP contribution >= 0.6 is 0 Å². The highest BCUT2D eigenvalue weighted by Gasteiger charge is 2.47. The molecular formula is C14H21NO3. The van der Waals surface area contributed by atoms with Crippen molar-refractivity contribution in [1.82, 2.24) is 4.90 Å². The molecule has 0 amide bonds. The number of rotatable bonds is 4. The summed E-state index contributed by atoms with van der Waals surface area (Å²) in [7, 11) is 0. The van der Waals surface area contributed by atoms with E-state index in [1.807, 2.05) is 26.8 Å². The molecular weight excluding hydrogens is 230 g/mol. The fourth-order valence-electron chi connectivity index (χ4n) is 2.71. The van der Waals surface area contributed by atoms with Gasteiger partial charge in [0, 0.05) is 6.54 Å². The van der Waals surface area contributed by atoms with Crippen LogP contribution in [0.3, 0.4) is 0 Å². The Morgan fingerprint density at radius 2 is 2.33 bits per heavy atom. The van der Waals surface area contributed by atoms with Gasteiger partial charge in [0.25, 0.3) is 0 Å². The van der Waals surface area contributed by atoms with Crippen LogP contribution in [0.5, 0.6) is 0 Å². The van der Waals surface area contributed by atoms with Crippen LogP contribution in [0.4, 0.5) is 0 Å². The topological polar surface area (TPSA) is 53.7 Å². The lowest BCUT2D eigenvalue weighted by molar-refractivity contribution is -0.151. The molecule has 0 aliphatic carbocycles. The van der Waals surface area contributed by atoms with Gasteiger partial charge in [0.2, 0.25) is 0 Å². The van der Waals surface area contributed by atoms with Crippen LogP contribution in [0.1, 0.15) is 31.6 Å². The number of furan rings is 1. The summed E-state index contributed by atoms with van der Waals surface area (Å²) < 4.78 is 5.43. The zero-order chi connectivity index (χ0) is 13.3. The lowest BCUT2D eigenvalue weighted by atomic mass is 9.76. The molecule has 0 aromatic carbocycles. The first-order valence-corrected chi connectivity index (χ1v) is 6.44. The van der Waals surface area contributed by atoms with Gasteiger partial charge in [-0.1, -0.05) is 13.8 Å². The number of carbonyl (C=O) groups is 1. The third kappa shape index (κ3) is 2.17. The van der Waals surface area contributed by atoms with Gasteiger partial charge in [-0.05, 0) is 37.4 Å². The van der Waals surface area contributed by atoms with Crippen molar-refractivity contribution < 1.29 is 14.3 Å². The van der Waals surface area contributed by atoms with E-state index in [0.717, 1.165) is 24.3 Å². The van der Waals surface area contributed by atoms with Gasteiger partial charge in [0.05, 0.1) is 18.2 Å². The lowest BCUT2D eigenvalue weighted by Gasteiger charge is -2.28. The molecule has 1 aromatic rings. The molecule has 0 bridgehead atoms. The van der Waals surface area contributed by atoms with Gasteiger partial charge in [0.15, 0.2) is 0 Å². The second kappa shape index (κ2) is 4.76. The molecule has 1 unspecified atom stereocenters. The second-order valence-corrected chi connectivity index (χ2v) is 5.60. The second-order valence-electron chi connectivity index (χ2n) is 5.60. The highest BCUT2D eigenvalue weighted by molar-refractivity contribution is 5.75. The summed E-state index contributed by atoms with van der Waals surface area (Å²) in [5.74, 6) is 0.425. The number of hydrogen-bond acceptors (Lipinski definition) is 3. The monoisotopic (exact) mass is 251 g/mol. The van der Waals surface area contributed by atoms with Gasteiger partial charge in [-0.15, -0.1) is 0 Å². The molecule has 4 nitrogen and oxygen atoms in total. The maximum atomic E-state index is 11.5. The molecule has 1 fully saturated rings. The van der Waals surface area contributed by atoms with Crippen LogP contribution in [-0.2, 0) is 11.3 Å². The zero-order valence-corrected chi connectivity index (χ0v) is 11.3. The minimum absolute atomic E-state index is 0.151. The predicted molar refractivity (Wildman–Crippen MR) is 68.2 cm³/mol. The minimum Gasteiger partial charge on any atom is -0.481 e. The molecule has 1 aliphatic rings. The molecule has 1 aromatic heterocycles. The average Bonchev–Trinajstić information content (AvgIpc) is 2.88. The molecule has 0 spiro atoms. The van der Waals surface area contributed by atoms with Crippen LogP contribution in [-0.4, -0.2) is 29.1 Å². The SMILES string of the molecule is Cc1ccoc1CN1CCC(C(=O)O)(C(C)C)C1. The van der Waals surface area contributed by atoms with Gasteiger partial charge in [0.1, 0.15) is 5.76 Å². The Bertz CT molecular complexity index is 438. The number of likely N-dealkylation sites (tertiary alicyclic amines) is 1. The molecule has 1 N–H and O–H groups in total. The van der Waals surface area contributed by atoms with Crippen LogP contribution in [0.2, 0.25) is 0 Å². The number of carboxylic acid groups (broad SMARTS) is 1. The molecule has 0 radical (unpaired) electrons. The van der Waals surface area contributed by atoms with E-state index in [2.05, 4.69) is 4.90 Å². The first kappa shape index (κ1) is 13.1. The van der Waals surface area contributed by atoms with Crippen LogP contribution in [0.15, 0.2) is 16.7 Å².